The average Bonchev–Trinajstić information content (AvgIpc) is 2.93. The van der Waals surface area contributed by atoms with Gasteiger partial charge in [0.05, 0.1) is 5.69 Å². The summed E-state index contributed by atoms with van der Waals surface area (Å²) >= 11 is 0. The molecule has 1 saturated heterocycles. The summed E-state index contributed by atoms with van der Waals surface area (Å²) in [6.45, 7) is 2.78. The van der Waals surface area contributed by atoms with Crippen LogP contribution in [0.3, 0.4) is 0 Å². The lowest BCUT2D eigenvalue weighted by Gasteiger charge is -2.17. The molecule has 1 atom stereocenters. The third kappa shape index (κ3) is 2.68. The molecular weight excluding hydrogens is 251 g/mol. The van der Waals surface area contributed by atoms with E-state index in [9.17, 15) is 4.39 Å². The Kier molecular flexibility index (Phi) is 3.70. The van der Waals surface area contributed by atoms with E-state index in [1.807, 2.05) is 12.1 Å². The first kappa shape index (κ1) is 13.1. The molecule has 1 fully saturated rings. The SMILES string of the molecule is Nc1c(F)cccc1CN1CCC(c2ccccc2)C1. The Morgan fingerprint density at radius 1 is 1.10 bits per heavy atom. The summed E-state index contributed by atoms with van der Waals surface area (Å²) in [6.07, 6.45) is 1.15. The van der Waals surface area contributed by atoms with Gasteiger partial charge in [-0.1, -0.05) is 42.5 Å². The summed E-state index contributed by atoms with van der Waals surface area (Å²) in [7, 11) is 0. The molecule has 0 aromatic heterocycles. The minimum Gasteiger partial charge on any atom is -0.396 e. The van der Waals surface area contributed by atoms with Gasteiger partial charge in [0, 0.05) is 13.1 Å². The molecule has 1 unspecified atom stereocenters. The molecule has 0 saturated carbocycles. The quantitative estimate of drug-likeness (QED) is 0.866. The van der Waals surface area contributed by atoms with Gasteiger partial charge in [-0.05, 0) is 36.1 Å². The molecule has 104 valence electrons. The van der Waals surface area contributed by atoms with Crippen molar-refractivity contribution in [2.24, 2.45) is 0 Å². The lowest BCUT2D eigenvalue weighted by molar-refractivity contribution is 0.327. The van der Waals surface area contributed by atoms with Crippen LogP contribution < -0.4 is 5.73 Å². The van der Waals surface area contributed by atoms with E-state index in [0.29, 0.717) is 5.92 Å². The molecule has 0 aliphatic carbocycles. The second-order valence-electron chi connectivity index (χ2n) is 5.44. The normalized spacial score (nSPS) is 19.4. The Balaban J connectivity index is 1.68. The van der Waals surface area contributed by atoms with E-state index in [1.165, 1.54) is 11.6 Å². The van der Waals surface area contributed by atoms with Gasteiger partial charge >= 0.3 is 0 Å². The highest BCUT2D eigenvalue weighted by Crippen LogP contribution is 2.29. The van der Waals surface area contributed by atoms with Gasteiger partial charge in [0.25, 0.3) is 0 Å². The van der Waals surface area contributed by atoms with Crippen molar-refractivity contribution >= 4 is 5.69 Å². The Labute approximate surface area is 119 Å². The fourth-order valence-corrected chi connectivity index (χ4v) is 2.93. The van der Waals surface area contributed by atoms with Crippen molar-refractivity contribution in [1.82, 2.24) is 4.90 Å². The molecule has 1 aliphatic rings. The molecule has 0 bridgehead atoms. The number of nitrogen functional groups attached to an aromatic ring is 1. The monoisotopic (exact) mass is 270 g/mol. The van der Waals surface area contributed by atoms with E-state index in [-0.39, 0.29) is 11.5 Å². The van der Waals surface area contributed by atoms with Gasteiger partial charge in [0.2, 0.25) is 0 Å². The molecule has 2 aromatic carbocycles. The van der Waals surface area contributed by atoms with E-state index in [4.69, 9.17) is 5.73 Å². The number of rotatable bonds is 3. The minimum atomic E-state index is -0.318. The summed E-state index contributed by atoms with van der Waals surface area (Å²) in [5.74, 6) is 0.257. The molecule has 1 heterocycles. The molecule has 20 heavy (non-hydrogen) atoms. The van der Waals surface area contributed by atoms with Crippen LogP contribution in [-0.2, 0) is 6.54 Å². The largest absolute Gasteiger partial charge is 0.396 e. The maximum absolute atomic E-state index is 13.5. The van der Waals surface area contributed by atoms with E-state index < -0.39 is 0 Å². The van der Waals surface area contributed by atoms with Crippen molar-refractivity contribution in [2.45, 2.75) is 18.9 Å². The molecular formula is C17H19FN2. The number of benzene rings is 2. The standard InChI is InChI=1S/C17H19FN2/c18-16-8-4-7-15(17(16)19)12-20-10-9-14(11-20)13-5-2-1-3-6-13/h1-8,14H,9-12,19H2. The molecule has 0 spiro atoms. The van der Waals surface area contributed by atoms with Crippen LogP contribution in [0.1, 0.15) is 23.5 Å². The number of nitrogens with zero attached hydrogens (tertiary/aromatic N) is 1. The molecule has 0 amide bonds. The van der Waals surface area contributed by atoms with Gasteiger partial charge in [-0.15, -0.1) is 0 Å². The Morgan fingerprint density at radius 2 is 1.90 bits per heavy atom. The number of likely N-dealkylation sites (tertiary alicyclic amines) is 1. The summed E-state index contributed by atoms with van der Waals surface area (Å²) < 4.78 is 13.5. The summed E-state index contributed by atoms with van der Waals surface area (Å²) in [5.41, 5.74) is 8.37. The first-order valence-corrected chi connectivity index (χ1v) is 7.04. The molecule has 2 N–H and O–H groups in total. The average molecular weight is 270 g/mol. The maximum atomic E-state index is 13.5. The van der Waals surface area contributed by atoms with Crippen molar-refractivity contribution in [3.63, 3.8) is 0 Å². The second-order valence-corrected chi connectivity index (χ2v) is 5.44. The zero-order chi connectivity index (χ0) is 13.9. The van der Waals surface area contributed by atoms with Crippen molar-refractivity contribution in [3.05, 3.63) is 65.5 Å². The lowest BCUT2D eigenvalue weighted by atomic mass is 9.99. The zero-order valence-corrected chi connectivity index (χ0v) is 11.4. The van der Waals surface area contributed by atoms with Gasteiger partial charge in [-0.3, -0.25) is 4.90 Å². The Morgan fingerprint density at radius 3 is 2.70 bits per heavy atom. The van der Waals surface area contributed by atoms with E-state index in [2.05, 4.69) is 29.2 Å². The van der Waals surface area contributed by atoms with Crippen LogP contribution in [0.2, 0.25) is 0 Å². The van der Waals surface area contributed by atoms with Gasteiger partial charge in [0.15, 0.2) is 0 Å². The number of nitrogens with two attached hydrogens (primary N) is 1. The molecule has 2 nitrogen and oxygen atoms in total. The van der Waals surface area contributed by atoms with Crippen LogP contribution in [0, 0.1) is 5.82 Å². The van der Waals surface area contributed by atoms with Crippen molar-refractivity contribution in [1.29, 1.82) is 0 Å². The number of halogens is 1. The predicted octanol–water partition coefficient (Wildman–Crippen LogP) is 3.40. The number of hydrogen-bond acceptors (Lipinski definition) is 2. The van der Waals surface area contributed by atoms with Crippen LogP contribution in [0.15, 0.2) is 48.5 Å². The number of anilines is 1. The van der Waals surface area contributed by atoms with Crippen LogP contribution >= 0.6 is 0 Å². The fraction of sp³-hybridized carbons (Fsp3) is 0.294. The highest BCUT2D eigenvalue weighted by Gasteiger charge is 2.24. The van der Waals surface area contributed by atoms with Crippen molar-refractivity contribution < 1.29 is 4.39 Å². The molecule has 3 heteroatoms. The summed E-state index contributed by atoms with van der Waals surface area (Å²) in [5, 5.41) is 0. The third-order valence-electron chi connectivity index (χ3n) is 4.08. The van der Waals surface area contributed by atoms with Crippen LogP contribution in [-0.4, -0.2) is 18.0 Å². The first-order valence-electron chi connectivity index (χ1n) is 7.04. The van der Waals surface area contributed by atoms with Crippen molar-refractivity contribution in [2.75, 3.05) is 18.8 Å². The molecule has 1 aliphatic heterocycles. The van der Waals surface area contributed by atoms with Gasteiger partial charge in [-0.2, -0.15) is 0 Å². The zero-order valence-electron chi connectivity index (χ0n) is 11.4. The molecule has 0 radical (unpaired) electrons. The van der Waals surface area contributed by atoms with Crippen molar-refractivity contribution in [3.8, 4) is 0 Å². The van der Waals surface area contributed by atoms with Crippen LogP contribution in [0.25, 0.3) is 0 Å². The third-order valence-corrected chi connectivity index (χ3v) is 4.08. The lowest BCUT2D eigenvalue weighted by Crippen LogP contribution is -2.20. The summed E-state index contributed by atoms with van der Waals surface area (Å²) in [4.78, 5) is 2.35. The topological polar surface area (TPSA) is 29.3 Å². The minimum absolute atomic E-state index is 0.288. The Bertz CT molecular complexity index is 583. The summed E-state index contributed by atoms with van der Waals surface area (Å²) in [6, 6.07) is 15.6. The molecule has 3 rings (SSSR count). The van der Waals surface area contributed by atoms with Crippen LogP contribution in [0.4, 0.5) is 10.1 Å². The van der Waals surface area contributed by atoms with Gasteiger partial charge in [0.1, 0.15) is 5.82 Å². The second kappa shape index (κ2) is 5.63. The first-order chi connectivity index (χ1) is 9.74. The van der Waals surface area contributed by atoms with Crippen LogP contribution in [0.5, 0.6) is 0 Å². The highest BCUT2D eigenvalue weighted by atomic mass is 19.1. The molecule has 2 aromatic rings. The Hall–Kier alpha value is -1.87. The van der Waals surface area contributed by atoms with E-state index in [0.717, 1.165) is 31.6 Å². The smallest absolute Gasteiger partial charge is 0.146 e. The fourth-order valence-electron chi connectivity index (χ4n) is 2.93. The van der Waals surface area contributed by atoms with E-state index >= 15 is 0 Å². The highest BCUT2D eigenvalue weighted by molar-refractivity contribution is 5.47. The van der Waals surface area contributed by atoms with Gasteiger partial charge < -0.3 is 5.73 Å². The number of para-hydroxylation sites is 1. The van der Waals surface area contributed by atoms with Gasteiger partial charge in [-0.25, -0.2) is 4.39 Å². The maximum Gasteiger partial charge on any atom is 0.146 e. The van der Waals surface area contributed by atoms with E-state index in [1.54, 1.807) is 6.07 Å². The predicted molar refractivity (Wildman–Crippen MR) is 79.9 cm³/mol. The number of hydrogen-bond donors (Lipinski definition) is 1.